The van der Waals surface area contributed by atoms with Crippen molar-refractivity contribution < 1.29 is 14.0 Å². The van der Waals surface area contributed by atoms with E-state index in [-0.39, 0.29) is 23.2 Å². The zero-order chi connectivity index (χ0) is 24.3. The number of hydrogen-bond acceptors (Lipinski definition) is 4. The summed E-state index contributed by atoms with van der Waals surface area (Å²) in [6.45, 7) is 13.5. The number of hydrogen-bond donors (Lipinski definition) is 1. The first-order valence-electron chi connectivity index (χ1n) is 11.9. The fraction of sp³-hybridized carbons (Fsp3) is 0.519. The van der Waals surface area contributed by atoms with E-state index in [9.17, 15) is 4.79 Å². The molecule has 2 N–H and O–H groups in total. The quantitative estimate of drug-likeness (QED) is 0.665. The summed E-state index contributed by atoms with van der Waals surface area (Å²) < 4.78 is 12.8. The molecule has 6 heteroatoms. The number of nitrogens with two attached hydrogens (primary N) is 1. The molecule has 180 valence electrons. The number of rotatable bonds is 5. The van der Waals surface area contributed by atoms with E-state index in [0.717, 1.165) is 6.42 Å². The molecular formula is C27H40N2O3Si. The Labute approximate surface area is 200 Å². The van der Waals surface area contributed by atoms with E-state index < -0.39 is 13.9 Å². The van der Waals surface area contributed by atoms with Gasteiger partial charge in [-0.05, 0) is 49.0 Å². The lowest BCUT2D eigenvalue weighted by Gasteiger charge is -2.45. The smallest absolute Gasteiger partial charge is 0.410 e. The second-order valence-electron chi connectivity index (χ2n) is 11.1. The van der Waals surface area contributed by atoms with E-state index in [2.05, 4.69) is 69.3 Å². The summed E-state index contributed by atoms with van der Waals surface area (Å²) in [4.78, 5) is 14.8. The second kappa shape index (κ2) is 10.00. The molecule has 1 aliphatic heterocycles. The van der Waals surface area contributed by atoms with Gasteiger partial charge in [0.1, 0.15) is 5.60 Å². The molecular weight excluding hydrogens is 428 g/mol. The van der Waals surface area contributed by atoms with Crippen LogP contribution >= 0.6 is 0 Å². The van der Waals surface area contributed by atoms with E-state index in [1.54, 1.807) is 0 Å². The lowest BCUT2D eigenvalue weighted by Crippen LogP contribution is -2.67. The van der Waals surface area contributed by atoms with Crippen LogP contribution in [0.4, 0.5) is 4.79 Å². The van der Waals surface area contributed by atoms with Crippen LogP contribution in [-0.2, 0) is 9.16 Å². The zero-order valence-corrected chi connectivity index (χ0v) is 22.0. The van der Waals surface area contributed by atoms with Crippen molar-refractivity contribution in [1.29, 1.82) is 0 Å². The third kappa shape index (κ3) is 5.86. The molecule has 0 unspecified atom stereocenters. The first-order valence-corrected chi connectivity index (χ1v) is 13.8. The molecule has 5 nitrogen and oxygen atoms in total. The van der Waals surface area contributed by atoms with Crippen LogP contribution in [0.15, 0.2) is 60.7 Å². The van der Waals surface area contributed by atoms with Crippen molar-refractivity contribution in [2.45, 2.75) is 77.1 Å². The third-order valence-electron chi connectivity index (χ3n) is 6.29. The SMILES string of the molecule is CC(C)(C)OC(=O)N1CC[C@@H](N)C[C@@H]1CO[Si](c1ccccc1)(c1ccccc1)C(C)(C)C. The maximum Gasteiger partial charge on any atom is 0.410 e. The van der Waals surface area contributed by atoms with Gasteiger partial charge in [0.15, 0.2) is 0 Å². The van der Waals surface area contributed by atoms with Crippen LogP contribution in [-0.4, -0.2) is 50.1 Å². The molecule has 2 atom stereocenters. The summed E-state index contributed by atoms with van der Waals surface area (Å²) in [6, 6.07) is 21.1. The first-order chi connectivity index (χ1) is 15.4. The fourth-order valence-electron chi connectivity index (χ4n) is 4.78. The van der Waals surface area contributed by atoms with Gasteiger partial charge in [-0.1, -0.05) is 81.4 Å². The monoisotopic (exact) mass is 468 g/mol. The number of piperidine rings is 1. The first kappa shape index (κ1) is 25.5. The van der Waals surface area contributed by atoms with E-state index in [1.165, 1.54) is 10.4 Å². The van der Waals surface area contributed by atoms with E-state index in [4.69, 9.17) is 14.9 Å². The number of benzene rings is 2. The van der Waals surface area contributed by atoms with Crippen LogP contribution in [0.1, 0.15) is 54.4 Å². The molecule has 0 saturated carbocycles. The molecule has 1 fully saturated rings. The third-order valence-corrected chi connectivity index (χ3v) is 11.3. The Morgan fingerprint density at radius 1 is 0.970 bits per heavy atom. The number of carbonyl (C=O) groups excluding carboxylic acids is 1. The van der Waals surface area contributed by atoms with E-state index in [1.807, 2.05) is 37.8 Å². The Kier molecular flexibility index (Phi) is 7.71. The number of carbonyl (C=O) groups is 1. The maximum atomic E-state index is 13.0. The standard InChI is InChI=1S/C27H40N2O3Si/c1-26(2,3)32-25(30)29-18-17-21(28)19-22(29)20-31-33(27(4,5)6,23-13-9-7-10-14-23)24-15-11-8-12-16-24/h7-16,21-22H,17-20,28H2,1-6H3/t21-,22-/m1/s1. The van der Waals surface area contributed by atoms with Gasteiger partial charge in [0, 0.05) is 12.6 Å². The average molecular weight is 469 g/mol. The van der Waals surface area contributed by atoms with Gasteiger partial charge in [0.2, 0.25) is 0 Å². The van der Waals surface area contributed by atoms with Gasteiger partial charge in [-0.2, -0.15) is 0 Å². The second-order valence-corrected chi connectivity index (χ2v) is 15.4. The van der Waals surface area contributed by atoms with Gasteiger partial charge in [-0.25, -0.2) is 4.79 Å². The summed E-state index contributed by atoms with van der Waals surface area (Å²) >= 11 is 0. The van der Waals surface area contributed by atoms with Gasteiger partial charge < -0.3 is 19.8 Å². The molecule has 1 saturated heterocycles. The van der Waals surface area contributed by atoms with Crippen LogP contribution in [0.5, 0.6) is 0 Å². The lowest BCUT2D eigenvalue weighted by molar-refractivity contribution is 0.00117. The van der Waals surface area contributed by atoms with Crippen LogP contribution < -0.4 is 16.1 Å². The molecule has 0 spiro atoms. The maximum absolute atomic E-state index is 13.0. The van der Waals surface area contributed by atoms with Crippen LogP contribution in [0.2, 0.25) is 5.04 Å². The largest absolute Gasteiger partial charge is 0.444 e. The summed E-state index contributed by atoms with van der Waals surface area (Å²) in [5, 5.41) is 2.34. The fourth-order valence-corrected chi connectivity index (χ4v) is 9.38. The highest BCUT2D eigenvalue weighted by molar-refractivity contribution is 6.99. The van der Waals surface area contributed by atoms with Gasteiger partial charge in [0.05, 0.1) is 12.6 Å². The Bertz CT molecular complexity index is 867. The number of amides is 1. The lowest BCUT2D eigenvalue weighted by atomic mass is 9.99. The highest BCUT2D eigenvalue weighted by Crippen LogP contribution is 2.37. The molecule has 2 aromatic rings. The van der Waals surface area contributed by atoms with E-state index >= 15 is 0 Å². The summed E-state index contributed by atoms with van der Waals surface area (Å²) in [5.41, 5.74) is 5.80. The van der Waals surface area contributed by atoms with Crippen molar-refractivity contribution >= 4 is 24.8 Å². The number of nitrogens with zero attached hydrogens (tertiary/aromatic N) is 1. The molecule has 3 rings (SSSR count). The Morgan fingerprint density at radius 3 is 1.94 bits per heavy atom. The summed E-state index contributed by atoms with van der Waals surface area (Å²) in [7, 11) is -2.69. The molecule has 1 amide bonds. The normalized spacial score (nSPS) is 19.9. The van der Waals surface area contributed by atoms with Crippen LogP contribution in [0, 0.1) is 0 Å². The predicted molar refractivity (Wildman–Crippen MR) is 138 cm³/mol. The highest BCUT2D eigenvalue weighted by Gasteiger charge is 2.51. The molecule has 0 radical (unpaired) electrons. The highest BCUT2D eigenvalue weighted by atomic mass is 28.4. The predicted octanol–water partition coefficient (Wildman–Crippen LogP) is 4.29. The minimum absolute atomic E-state index is 0.0523. The average Bonchev–Trinajstić information content (AvgIpc) is 2.73. The Morgan fingerprint density at radius 2 is 1.48 bits per heavy atom. The molecule has 1 heterocycles. The van der Waals surface area contributed by atoms with Gasteiger partial charge in [0.25, 0.3) is 8.32 Å². The van der Waals surface area contributed by atoms with Crippen molar-refractivity contribution in [2.24, 2.45) is 5.73 Å². The van der Waals surface area contributed by atoms with Crippen molar-refractivity contribution in [3.05, 3.63) is 60.7 Å². The zero-order valence-electron chi connectivity index (χ0n) is 21.0. The van der Waals surface area contributed by atoms with Crippen LogP contribution in [0.3, 0.4) is 0 Å². The van der Waals surface area contributed by atoms with Gasteiger partial charge in [-0.3, -0.25) is 0 Å². The minimum Gasteiger partial charge on any atom is -0.444 e. The molecule has 2 aromatic carbocycles. The van der Waals surface area contributed by atoms with Crippen molar-refractivity contribution in [3.63, 3.8) is 0 Å². The Balaban J connectivity index is 1.98. The van der Waals surface area contributed by atoms with Gasteiger partial charge in [-0.15, -0.1) is 0 Å². The van der Waals surface area contributed by atoms with Crippen molar-refractivity contribution in [3.8, 4) is 0 Å². The summed E-state index contributed by atoms with van der Waals surface area (Å²) in [5.74, 6) is 0. The minimum atomic E-state index is -2.69. The summed E-state index contributed by atoms with van der Waals surface area (Å²) in [6.07, 6.45) is 1.19. The van der Waals surface area contributed by atoms with Crippen molar-refractivity contribution in [2.75, 3.05) is 13.2 Å². The Hall–Kier alpha value is -2.15. The van der Waals surface area contributed by atoms with Crippen LogP contribution in [0.25, 0.3) is 0 Å². The number of likely N-dealkylation sites (tertiary alicyclic amines) is 1. The van der Waals surface area contributed by atoms with Gasteiger partial charge >= 0.3 is 6.09 Å². The van der Waals surface area contributed by atoms with Crippen molar-refractivity contribution in [1.82, 2.24) is 4.90 Å². The number of ether oxygens (including phenoxy) is 1. The molecule has 1 aliphatic rings. The molecule has 0 aromatic heterocycles. The van der Waals surface area contributed by atoms with E-state index in [0.29, 0.717) is 19.6 Å². The molecule has 0 aliphatic carbocycles. The molecule has 0 bridgehead atoms. The topological polar surface area (TPSA) is 64.8 Å². The molecule has 33 heavy (non-hydrogen) atoms.